The molecule has 104 valence electrons. The largest absolute Gasteiger partial charge is 0.381 e. The minimum Gasteiger partial charge on any atom is -0.381 e. The zero-order chi connectivity index (χ0) is 14.1. The van der Waals surface area contributed by atoms with Gasteiger partial charge in [0.25, 0.3) is 0 Å². The second-order valence-electron chi connectivity index (χ2n) is 3.69. The summed E-state index contributed by atoms with van der Waals surface area (Å²) in [6, 6.07) is 0. The Morgan fingerprint density at radius 2 is 1.89 bits per heavy atom. The summed E-state index contributed by atoms with van der Waals surface area (Å²) >= 11 is 0. The van der Waals surface area contributed by atoms with Crippen molar-refractivity contribution in [3.63, 3.8) is 0 Å². The first-order valence-electron chi connectivity index (χ1n) is 4.84. The normalized spacial score (nSPS) is 12.8. The summed E-state index contributed by atoms with van der Waals surface area (Å²) in [6.07, 6.45) is 0. The Kier molecular flexibility index (Phi) is 4.00. The van der Waals surface area contributed by atoms with Crippen molar-refractivity contribution in [1.82, 2.24) is 14.5 Å². The lowest BCUT2D eigenvalue weighted by Gasteiger charge is -2.06. The summed E-state index contributed by atoms with van der Waals surface area (Å²) < 4.78 is 48.6. The molecule has 0 saturated carbocycles. The molecule has 0 aliphatic heterocycles. The molecule has 1 heterocycles. The van der Waals surface area contributed by atoms with Gasteiger partial charge in [-0.1, -0.05) is 0 Å². The van der Waals surface area contributed by atoms with Gasteiger partial charge in [-0.05, 0) is 6.92 Å². The zero-order valence-corrected chi connectivity index (χ0v) is 11.5. The van der Waals surface area contributed by atoms with Crippen LogP contribution in [0.2, 0.25) is 0 Å². The van der Waals surface area contributed by atoms with Gasteiger partial charge in [0.15, 0.2) is 5.82 Å². The average molecular weight is 297 g/mol. The number of rotatable bonds is 5. The number of nitrogens with zero attached hydrogens (tertiary/aromatic N) is 2. The molecule has 1 aromatic heterocycles. The Morgan fingerprint density at radius 3 is 2.28 bits per heavy atom. The first-order chi connectivity index (χ1) is 8.04. The van der Waals surface area contributed by atoms with Gasteiger partial charge in [-0.25, -0.2) is 26.7 Å². The van der Waals surface area contributed by atoms with Crippen molar-refractivity contribution >= 4 is 25.9 Å². The summed E-state index contributed by atoms with van der Waals surface area (Å²) in [4.78, 5) is -0.153. The minimum absolute atomic E-state index is 0.141. The number of sulfonamides is 2. The molecule has 0 unspecified atom stereocenters. The molecule has 0 saturated heterocycles. The molecule has 18 heavy (non-hydrogen) atoms. The highest BCUT2D eigenvalue weighted by Gasteiger charge is 2.24. The molecule has 0 aliphatic rings. The molecule has 0 bridgehead atoms. The monoisotopic (exact) mass is 297 g/mol. The number of primary sulfonamides is 1. The van der Waals surface area contributed by atoms with E-state index in [4.69, 9.17) is 10.9 Å². The van der Waals surface area contributed by atoms with E-state index in [1.165, 1.54) is 11.6 Å². The van der Waals surface area contributed by atoms with Gasteiger partial charge < -0.3 is 5.73 Å². The van der Waals surface area contributed by atoms with E-state index in [9.17, 15) is 16.8 Å². The summed E-state index contributed by atoms with van der Waals surface area (Å²) in [6.45, 7) is 1.21. The molecule has 1 aromatic rings. The maximum absolute atomic E-state index is 11.9. The Morgan fingerprint density at radius 1 is 1.33 bits per heavy atom. The van der Waals surface area contributed by atoms with Gasteiger partial charge in [0.2, 0.25) is 20.0 Å². The molecule has 1 rings (SSSR count). The Labute approximate surface area is 105 Å². The maximum Gasteiger partial charge on any atom is 0.246 e. The van der Waals surface area contributed by atoms with Crippen LogP contribution in [0, 0.1) is 6.92 Å². The molecule has 0 amide bonds. The predicted octanol–water partition coefficient (Wildman–Crippen LogP) is -2.12. The molecule has 0 radical (unpaired) electrons. The van der Waals surface area contributed by atoms with Crippen LogP contribution >= 0.6 is 0 Å². The van der Waals surface area contributed by atoms with E-state index >= 15 is 0 Å². The lowest BCUT2D eigenvalue weighted by atomic mass is 10.5. The minimum atomic E-state index is -3.90. The lowest BCUT2D eigenvalue weighted by Crippen LogP contribution is -2.32. The number of hydrogen-bond donors (Lipinski definition) is 3. The number of nitrogens with two attached hydrogens (primary N) is 2. The van der Waals surface area contributed by atoms with E-state index in [0.29, 0.717) is 5.69 Å². The van der Waals surface area contributed by atoms with Crippen LogP contribution in [0.5, 0.6) is 0 Å². The van der Waals surface area contributed by atoms with E-state index in [1.807, 2.05) is 0 Å². The van der Waals surface area contributed by atoms with Crippen LogP contribution in [0.3, 0.4) is 0 Å². The molecule has 0 spiro atoms. The van der Waals surface area contributed by atoms with Crippen LogP contribution in [-0.4, -0.2) is 38.9 Å². The second-order valence-corrected chi connectivity index (χ2v) is 7.13. The SMILES string of the molecule is Cc1c(S(=O)(=O)NCCS(N)(=O)=O)c(N)nn1C. The highest BCUT2D eigenvalue weighted by Crippen LogP contribution is 2.20. The number of nitrogen functional groups attached to an aromatic ring is 1. The van der Waals surface area contributed by atoms with E-state index in [1.54, 1.807) is 7.05 Å². The van der Waals surface area contributed by atoms with E-state index in [0.717, 1.165) is 0 Å². The molecular weight excluding hydrogens is 282 g/mol. The maximum atomic E-state index is 11.9. The number of anilines is 1. The number of aryl methyl sites for hydroxylation is 1. The third-order valence-corrected chi connectivity index (χ3v) is 4.65. The van der Waals surface area contributed by atoms with Crippen LogP contribution in [0.1, 0.15) is 5.69 Å². The summed E-state index contributed by atoms with van der Waals surface area (Å²) in [5.41, 5.74) is 5.85. The third kappa shape index (κ3) is 3.41. The highest BCUT2D eigenvalue weighted by atomic mass is 32.2. The average Bonchev–Trinajstić information content (AvgIpc) is 2.38. The lowest BCUT2D eigenvalue weighted by molar-refractivity contribution is 0.580. The van der Waals surface area contributed by atoms with Crippen LogP contribution in [0.25, 0.3) is 0 Å². The quantitative estimate of drug-likeness (QED) is 0.565. The smallest absolute Gasteiger partial charge is 0.246 e. The van der Waals surface area contributed by atoms with Gasteiger partial charge >= 0.3 is 0 Å². The van der Waals surface area contributed by atoms with E-state index in [2.05, 4.69) is 9.82 Å². The Bertz CT molecular complexity index is 646. The van der Waals surface area contributed by atoms with Gasteiger partial charge in [0.05, 0.1) is 11.4 Å². The van der Waals surface area contributed by atoms with Crippen molar-refractivity contribution in [2.45, 2.75) is 11.8 Å². The van der Waals surface area contributed by atoms with Gasteiger partial charge in [-0.2, -0.15) is 5.10 Å². The van der Waals surface area contributed by atoms with Crippen molar-refractivity contribution < 1.29 is 16.8 Å². The first-order valence-corrected chi connectivity index (χ1v) is 8.03. The zero-order valence-electron chi connectivity index (χ0n) is 9.91. The van der Waals surface area contributed by atoms with E-state index < -0.39 is 25.8 Å². The molecule has 11 heteroatoms. The fraction of sp³-hybridized carbons (Fsp3) is 0.571. The number of nitrogens with one attached hydrogen (secondary N) is 1. The molecular formula is C7H15N5O4S2. The summed E-state index contributed by atoms with van der Waals surface area (Å²) in [5, 5.41) is 8.53. The summed E-state index contributed by atoms with van der Waals surface area (Å²) in [5.74, 6) is -0.635. The summed E-state index contributed by atoms with van der Waals surface area (Å²) in [7, 11) is -6.07. The molecule has 9 nitrogen and oxygen atoms in total. The van der Waals surface area contributed by atoms with E-state index in [-0.39, 0.29) is 17.3 Å². The number of hydrogen-bond acceptors (Lipinski definition) is 6. The first kappa shape index (κ1) is 14.9. The van der Waals surface area contributed by atoms with Crippen molar-refractivity contribution in [3.8, 4) is 0 Å². The van der Waals surface area contributed by atoms with Crippen LogP contribution in [0.15, 0.2) is 4.90 Å². The standard InChI is InChI=1S/C7H15N5O4S2/c1-5-6(7(8)11-12(5)2)18(15,16)10-3-4-17(9,13)14/h10H,3-4H2,1-2H3,(H2,8,11)(H2,9,13,14). The Balaban J connectivity index is 2.94. The van der Waals surface area contributed by atoms with Crippen molar-refractivity contribution in [3.05, 3.63) is 5.69 Å². The van der Waals surface area contributed by atoms with Crippen molar-refractivity contribution in [2.75, 3.05) is 18.0 Å². The Hall–Kier alpha value is -1.17. The van der Waals surface area contributed by atoms with Crippen LogP contribution in [-0.2, 0) is 27.1 Å². The van der Waals surface area contributed by atoms with Gasteiger partial charge in [-0.15, -0.1) is 0 Å². The molecule has 0 fully saturated rings. The van der Waals surface area contributed by atoms with Gasteiger partial charge in [0.1, 0.15) is 4.90 Å². The van der Waals surface area contributed by atoms with Gasteiger partial charge in [-0.3, -0.25) is 4.68 Å². The van der Waals surface area contributed by atoms with Crippen molar-refractivity contribution in [2.24, 2.45) is 12.2 Å². The fourth-order valence-corrected chi connectivity index (χ4v) is 3.20. The van der Waals surface area contributed by atoms with Crippen LogP contribution in [0.4, 0.5) is 5.82 Å². The van der Waals surface area contributed by atoms with Gasteiger partial charge in [0, 0.05) is 13.6 Å². The molecule has 0 aromatic carbocycles. The topological polar surface area (TPSA) is 150 Å². The second kappa shape index (κ2) is 4.84. The molecule has 0 aliphatic carbocycles. The fourth-order valence-electron chi connectivity index (χ4n) is 1.34. The molecule has 0 atom stereocenters. The van der Waals surface area contributed by atoms with Crippen LogP contribution < -0.4 is 15.6 Å². The number of aromatic nitrogens is 2. The predicted molar refractivity (Wildman–Crippen MR) is 65.5 cm³/mol. The van der Waals surface area contributed by atoms with Crippen molar-refractivity contribution in [1.29, 1.82) is 0 Å². The molecule has 5 N–H and O–H groups in total. The third-order valence-electron chi connectivity index (χ3n) is 2.25. The highest BCUT2D eigenvalue weighted by molar-refractivity contribution is 7.90.